The van der Waals surface area contributed by atoms with E-state index >= 15 is 0 Å². The predicted octanol–water partition coefficient (Wildman–Crippen LogP) is 4.06. The van der Waals surface area contributed by atoms with Crippen LogP contribution in [0.3, 0.4) is 0 Å². The molecule has 5 heteroatoms. The minimum Gasteiger partial charge on any atom is -0.493 e. The summed E-state index contributed by atoms with van der Waals surface area (Å²) in [7, 11) is 0. The molecule has 124 valence electrons. The third kappa shape index (κ3) is 3.08. The molecule has 3 rings (SSSR count). The number of carbonyl (C=O) groups excluding carboxylic acids is 2. The first-order valence-corrected chi connectivity index (χ1v) is 8.63. The maximum absolute atomic E-state index is 12.3. The van der Waals surface area contributed by atoms with E-state index in [1.54, 1.807) is 11.0 Å². The average molecular weight is 388 g/mol. The smallest absolute Gasteiger partial charge is 0.299 e. The Morgan fingerprint density at radius 3 is 2.58 bits per heavy atom. The van der Waals surface area contributed by atoms with Gasteiger partial charge in [0, 0.05) is 11.0 Å². The summed E-state index contributed by atoms with van der Waals surface area (Å²) in [4.78, 5) is 26.0. The molecule has 24 heavy (non-hydrogen) atoms. The molecule has 0 spiro atoms. The van der Waals surface area contributed by atoms with Crippen molar-refractivity contribution in [2.24, 2.45) is 0 Å². The van der Waals surface area contributed by atoms with E-state index in [-0.39, 0.29) is 0 Å². The van der Waals surface area contributed by atoms with Gasteiger partial charge in [0.15, 0.2) is 0 Å². The maximum Gasteiger partial charge on any atom is 0.299 e. The van der Waals surface area contributed by atoms with Crippen molar-refractivity contribution in [1.82, 2.24) is 0 Å². The highest BCUT2D eigenvalue weighted by Crippen LogP contribution is 2.35. The number of nitrogens with zero attached hydrogens (tertiary/aromatic N) is 1. The van der Waals surface area contributed by atoms with E-state index in [4.69, 9.17) is 4.74 Å². The molecule has 0 unspecified atom stereocenters. The van der Waals surface area contributed by atoms with E-state index in [1.807, 2.05) is 44.2 Å². The lowest BCUT2D eigenvalue weighted by Crippen LogP contribution is -2.31. The van der Waals surface area contributed by atoms with E-state index in [9.17, 15) is 9.59 Å². The van der Waals surface area contributed by atoms with E-state index in [2.05, 4.69) is 15.9 Å². The highest BCUT2D eigenvalue weighted by molar-refractivity contribution is 9.10. The normalized spacial score (nSPS) is 13.4. The summed E-state index contributed by atoms with van der Waals surface area (Å²) in [6.07, 6.45) is 0.655. The molecule has 0 saturated heterocycles. The largest absolute Gasteiger partial charge is 0.493 e. The fourth-order valence-corrected chi connectivity index (χ4v) is 3.52. The van der Waals surface area contributed by atoms with Crippen LogP contribution < -0.4 is 9.64 Å². The topological polar surface area (TPSA) is 46.6 Å². The lowest BCUT2D eigenvalue weighted by Gasteiger charge is -2.19. The molecule has 0 saturated carbocycles. The van der Waals surface area contributed by atoms with Gasteiger partial charge in [-0.25, -0.2) is 0 Å². The van der Waals surface area contributed by atoms with Gasteiger partial charge in [0.2, 0.25) is 0 Å². The second-order valence-corrected chi connectivity index (χ2v) is 6.79. The van der Waals surface area contributed by atoms with Gasteiger partial charge >= 0.3 is 0 Å². The molecule has 2 aromatic carbocycles. The zero-order valence-corrected chi connectivity index (χ0v) is 15.2. The molecule has 0 aliphatic carbocycles. The zero-order valence-electron chi connectivity index (χ0n) is 13.6. The molecular weight excluding hydrogens is 370 g/mol. The second kappa shape index (κ2) is 6.77. The van der Waals surface area contributed by atoms with Crippen LogP contribution >= 0.6 is 15.9 Å². The lowest BCUT2D eigenvalue weighted by atomic mass is 10.1. The van der Waals surface area contributed by atoms with Gasteiger partial charge in [0.05, 0.1) is 17.9 Å². The monoisotopic (exact) mass is 387 g/mol. The third-order valence-corrected chi connectivity index (χ3v) is 4.55. The SMILES string of the molecule is Cc1ccccc1OCCCN1C(=O)C(=O)c2cc(Br)cc(C)c21. The van der Waals surface area contributed by atoms with Gasteiger partial charge < -0.3 is 9.64 Å². The highest BCUT2D eigenvalue weighted by Gasteiger charge is 2.36. The van der Waals surface area contributed by atoms with Crippen LogP contribution in [-0.4, -0.2) is 24.8 Å². The summed E-state index contributed by atoms with van der Waals surface area (Å²) in [5.41, 5.74) is 3.20. The second-order valence-electron chi connectivity index (χ2n) is 5.87. The number of para-hydroxylation sites is 1. The molecule has 0 atom stereocenters. The summed E-state index contributed by atoms with van der Waals surface area (Å²) in [5, 5.41) is 0. The van der Waals surface area contributed by atoms with Gasteiger partial charge in [-0.15, -0.1) is 0 Å². The predicted molar refractivity (Wildman–Crippen MR) is 96.9 cm³/mol. The van der Waals surface area contributed by atoms with Crippen molar-refractivity contribution in [2.45, 2.75) is 20.3 Å². The van der Waals surface area contributed by atoms with E-state index < -0.39 is 11.7 Å². The standard InChI is InChI=1S/C19H18BrNO3/c1-12-6-3-4-7-16(12)24-9-5-8-21-17-13(2)10-14(20)11-15(17)18(22)19(21)23/h3-4,6-7,10-11H,5,8-9H2,1-2H3. The van der Waals surface area contributed by atoms with Crippen molar-refractivity contribution < 1.29 is 14.3 Å². The van der Waals surface area contributed by atoms with Crippen LogP contribution in [0.5, 0.6) is 5.75 Å². The average Bonchev–Trinajstić information content (AvgIpc) is 2.78. The maximum atomic E-state index is 12.3. The Labute approximate surface area is 149 Å². The van der Waals surface area contributed by atoms with Gasteiger partial charge in [-0.2, -0.15) is 0 Å². The van der Waals surface area contributed by atoms with Gasteiger partial charge in [0.1, 0.15) is 5.75 Å². The van der Waals surface area contributed by atoms with Crippen molar-refractivity contribution in [1.29, 1.82) is 0 Å². The summed E-state index contributed by atoms with van der Waals surface area (Å²) in [5.74, 6) is -0.0434. The van der Waals surface area contributed by atoms with Crippen LogP contribution in [0, 0.1) is 13.8 Å². The van der Waals surface area contributed by atoms with Crippen LogP contribution in [0.15, 0.2) is 40.9 Å². The number of carbonyl (C=O) groups is 2. The van der Waals surface area contributed by atoms with Crippen molar-refractivity contribution in [3.8, 4) is 5.75 Å². The number of aryl methyl sites for hydroxylation is 2. The number of Topliss-reactive ketones (excluding diaryl/α,β-unsaturated/α-hetero) is 1. The van der Waals surface area contributed by atoms with Crippen LogP contribution in [-0.2, 0) is 4.79 Å². The van der Waals surface area contributed by atoms with Crippen LogP contribution in [0.4, 0.5) is 5.69 Å². The molecule has 0 bridgehead atoms. The Hall–Kier alpha value is -2.14. The summed E-state index contributed by atoms with van der Waals surface area (Å²) >= 11 is 3.38. The molecule has 1 aliphatic rings. The number of hydrogen-bond donors (Lipinski definition) is 0. The van der Waals surface area contributed by atoms with E-state index in [0.717, 1.165) is 27.0 Å². The summed E-state index contributed by atoms with van der Waals surface area (Å²) in [6, 6.07) is 11.5. The first-order valence-electron chi connectivity index (χ1n) is 7.84. The van der Waals surface area contributed by atoms with E-state index in [1.165, 1.54) is 0 Å². The molecule has 1 amide bonds. The fourth-order valence-electron chi connectivity index (χ4n) is 2.94. The number of ketones is 1. The zero-order chi connectivity index (χ0) is 17.3. The quantitative estimate of drug-likeness (QED) is 0.573. The van der Waals surface area contributed by atoms with Crippen LogP contribution in [0.2, 0.25) is 0 Å². The number of fused-ring (bicyclic) bond motifs is 1. The molecule has 2 aromatic rings. The molecular formula is C19H18BrNO3. The summed E-state index contributed by atoms with van der Waals surface area (Å²) in [6.45, 7) is 4.86. The van der Waals surface area contributed by atoms with Gasteiger partial charge in [-0.3, -0.25) is 9.59 Å². The Morgan fingerprint density at radius 1 is 1.08 bits per heavy atom. The van der Waals surface area contributed by atoms with Gasteiger partial charge in [-0.05, 0) is 49.6 Å². The number of anilines is 1. The molecule has 1 aliphatic heterocycles. The van der Waals surface area contributed by atoms with Gasteiger partial charge in [0.25, 0.3) is 11.7 Å². The van der Waals surface area contributed by atoms with E-state index in [0.29, 0.717) is 25.1 Å². The minimum absolute atomic E-state index is 0.436. The first kappa shape index (κ1) is 16.7. The molecule has 4 nitrogen and oxygen atoms in total. The Morgan fingerprint density at radius 2 is 1.83 bits per heavy atom. The van der Waals surface area contributed by atoms with Crippen molar-refractivity contribution in [3.63, 3.8) is 0 Å². The number of amides is 1. The van der Waals surface area contributed by atoms with Crippen molar-refractivity contribution >= 4 is 33.3 Å². The number of ether oxygens (including phenoxy) is 1. The lowest BCUT2D eigenvalue weighted by molar-refractivity contribution is -0.114. The summed E-state index contributed by atoms with van der Waals surface area (Å²) < 4.78 is 6.58. The minimum atomic E-state index is -0.456. The fraction of sp³-hybridized carbons (Fsp3) is 0.263. The molecule has 1 heterocycles. The van der Waals surface area contributed by atoms with Crippen LogP contribution in [0.25, 0.3) is 0 Å². The third-order valence-electron chi connectivity index (χ3n) is 4.10. The molecule has 0 N–H and O–H groups in total. The van der Waals surface area contributed by atoms with Gasteiger partial charge in [-0.1, -0.05) is 34.1 Å². The highest BCUT2D eigenvalue weighted by atomic mass is 79.9. The molecule has 0 aromatic heterocycles. The Balaban J connectivity index is 1.68. The van der Waals surface area contributed by atoms with Crippen LogP contribution in [0.1, 0.15) is 27.9 Å². The number of benzene rings is 2. The number of halogens is 1. The number of hydrogen-bond acceptors (Lipinski definition) is 3. The Bertz CT molecular complexity index is 816. The Kier molecular flexibility index (Phi) is 4.71. The first-order chi connectivity index (χ1) is 11.5. The van der Waals surface area contributed by atoms with Crippen molar-refractivity contribution in [3.05, 3.63) is 57.6 Å². The van der Waals surface area contributed by atoms with Crippen molar-refractivity contribution in [2.75, 3.05) is 18.1 Å². The molecule has 0 radical (unpaired) electrons. The number of rotatable bonds is 5. The molecule has 0 fully saturated rings.